The van der Waals surface area contributed by atoms with Crippen LogP contribution in [0.2, 0.25) is 5.02 Å². The van der Waals surface area contributed by atoms with Gasteiger partial charge in [-0.25, -0.2) is 12.8 Å². The number of hydrogen-bond donors (Lipinski definition) is 2. The number of nitriles is 1. The van der Waals surface area contributed by atoms with Crippen molar-refractivity contribution < 1.29 is 27.1 Å². The van der Waals surface area contributed by atoms with Crippen LogP contribution < -0.4 is 20.1 Å². The van der Waals surface area contributed by atoms with Gasteiger partial charge in [0.2, 0.25) is 14.8 Å². The van der Waals surface area contributed by atoms with Gasteiger partial charge in [0.15, 0.2) is 0 Å². The number of hydrogen-bond acceptors (Lipinski definition) is 9. The summed E-state index contributed by atoms with van der Waals surface area (Å²) in [6.07, 6.45) is 1.88. The Hall–Kier alpha value is -4.05. The average molecular weight is 641 g/mol. The van der Waals surface area contributed by atoms with E-state index in [0.717, 1.165) is 10.8 Å². The molecule has 1 saturated heterocycles. The van der Waals surface area contributed by atoms with Crippen LogP contribution in [0.5, 0.6) is 11.5 Å². The molecule has 2 heterocycles. The SMILES string of the molecule is CCOc1cc2ncc(C#N)c(Nc3ccc(OCc4cccc(F)c4)c(Cl)c3)c2cc1NC(=O)CC1CCS(=O)(=O)S1. The highest BCUT2D eigenvalue weighted by atomic mass is 35.5. The third-order valence-corrected chi connectivity index (χ3v) is 10.7. The fourth-order valence-electron chi connectivity index (χ4n) is 4.56. The van der Waals surface area contributed by atoms with E-state index in [4.69, 9.17) is 21.1 Å². The van der Waals surface area contributed by atoms with Crippen LogP contribution in [0.25, 0.3) is 10.9 Å². The van der Waals surface area contributed by atoms with Crippen LogP contribution in [-0.4, -0.2) is 36.9 Å². The summed E-state index contributed by atoms with van der Waals surface area (Å²) in [7, 11) is -2.37. The largest absolute Gasteiger partial charge is 0.492 e. The third kappa shape index (κ3) is 7.48. The van der Waals surface area contributed by atoms with Crippen molar-refractivity contribution in [2.24, 2.45) is 0 Å². The van der Waals surface area contributed by atoms with Gasteiger partial charge in [0.1, 0.15) is 30.0 Å². The van der Waals surface area contributed by atoms with E-state index in [1.807, 2.05) is 6.92 Å². The molecule has 9 nitrogen and oxygen atoms in total. The molecular formula is C30H26ClFN4O5S2. The number of fused-ring (bicyclic) bond motifs is 1. The molecule has 1 unspecified atom stereocenters. The van der Waals surface area contributed by atoms with Crippen LogP contribution in [-0.2, 0) is 20.3 Å². The minimum atomic E-state index is -3.19. The zero-order valence-electron chi connectivity index (χ0n) is 22.9. The van der Waals surface area contributed by atoms with E-state index >= 15 is 0 Å². The number of rotatable bonds is 10. The number of ether oxygens (including phenoxy) is 2. The lowest BCUT2D eigenvalue weighted by atomic mass is 10.1. The predicted molar refractivity (Wildman–Crippen MR) is 166 cm³/mol. The molecule has 0 radical (unpaired) electrons. The molecule has 0 saturated carbocycles. The fraction of sp³-hybridized carbons (Fsp3) is 0.233. The van der Waals surface area contributed by atoms with E-state index in [-0.39, 0.29) is 41.3 Å². The van der Waals surface area contributed by atoms with E-state index in [2.05, 4.69) is 21.7 Å². The van der Waals surface area contributed by atoms with E-state index in [9.17, 15) is 22.9 Å². The molecule has 1 amide bonds. The Morgan fingerprint density at radius 2 is 2.02 bits per heavy atom. The van der Waals surface area contributed by atoms with E-state index in [1.54, 1.807) is 42.5 Å². The molecule has 2 N–H and O–H groups in total. The molecule has 0 aliphatic carbocycles. The maximum absolute atomic E-state index is 13.5. The number of benzene rings is 3. The number of pyridine rings is 1. The quantitative estimate of drug-likeness (QED) is 0.180. The van der Waals surface area contributed by atoms with Crippen molar-refractivity contribution in [1.29, 1.82) is 5.26 Å². The van der Waals surface area contributed by atoms with Gasteiger partial charge in [-0.15, -0.1) is 0 Å². The number of carbonyl (C=O) groups is 1. The van der Waals surface area contributed by atoms with Gasteiger partial charge in [-0.2, -0.15) is 5.26 Å². The van der Waals surface area contributed by atoms with Gasteiger partial charge >= 0.3 is 0 Å². The number of anilines is 3. The summed E-state index contributed by atoms with van der Waals surface area (Å²) in [4.78, 5) is 17.3. The first-order chi connectivity index (χ1) is 20.6. The molecule has 1 atom stereocenters. The molecule has 1 fully saturated rings. The molecule has 0 bridgehead atoms. The minimum Gasteiger partial charge on any atom is -0.492 e. The Morgan fingerprint density at radius 1 is 1.19 bits per heavy atom. The Balaban J connectivity index is 1.41. The number of amides is 1. The van der Waals surface area contributed by atoms with Crippen LogP contribution >= 0.6 is 22.4 Å². The molecule has 5 rings (SSSR count). The van der Waals surface area contributed by atoms with Crippen LogP contribution in [0.15, 0.2) is 60.8 Å². The topological polar surface area (TPSA) is 130 Å². The summed E-state index contributed by atoms with van der Waals surface area (Å²) in [5.74, 6) is 0.132. The zero-order valence-corrected chi connectivity index (χ0v) is 25.3. The second kappa shape index (κ2) is 13.1. The molecular weight excluding hydrogens is 615 g/mol. The van der Waals surface area contributed by atoms with Crippen molar-refractivity contribution in [1.82, 2.24) is 4.98 Å². The van der Waals surface area contributed by atoms with Crippen LogP contribution in [0.4, 0.5) is 21.5 Å². The molecule has 3 aromatic carbocycles. The fourth-order valence-corrected chi connectivity index (χ4v) is 8.78. The normalized spacial score (nSPS) is 15.5. The Bertz CT molecular complexity index is 1850. The zero-order chi connectivity index (χ0) is 30.6. The van der Waals surface area contributed by atoms with Crippen molar-refractivity contribution in [3.63, 3.8) is 0 Å². The molecule has 43 heavy (non-hydrogen) atoms. The number of nitrogens with one attached hydrogen (secondary N) is 2. The maximum atomic E-state index is 13.5. The molecule has 13 heteroatoms. The monoisotopic (exact) mass is 640 g/mol. The van der Waals surface area contributed by atoms with Gasteiger partial charge in [0.25, 0.3) is 0 Å². The first-order valence-corrected chi connectivity index (χ1v) is 16.7. The molecule has 4 aromatic rings. The van der Waals surface area contributed by atoms with E-state index < -0.39 is 8.87 Å². The lowest BCUT2D eigenvalue weighted by molar-refractivity contribution is -0.116. The molecule has 0 spiro atoms. The number of halogens is 2. The number of aromatic nitrogens is 1. The van der Waals surface area contributed by atoms with Crippen molar-refractivity contribution in [3.05, 3.63) is 82.8 Å². The second-order valence-electron chi connectivity index (χ2n) is 9.67. The van der Waals surface area contributed by atoms with E-state index in [0.29, 0.717) is 63.1 Å². The third-order valence-electron chi connectivity index (χ3n) is 6.53. The van der Waals surface area contributed by atoms with Crippen LogP contribution in [0.3, 0.4) is 0 Å². The maximum Gasteiger partial charge on any atom is 0.225 e. The van der Waals surface area contributed by atoms with Gasteiger partial charge < -0.3 is 20.1 Å². The van der Waals surface area contributed by atoms with Gasteiger partial charge in [-0.05, 0) is 66.1 Å². The summed E-state index contributed by atoms with van der Waals surface area (Å²) in [6.45, 7) is 2.27. The average Bonchev–Trinajstić information content (AvgIpc) is 3.31. The lowest BCUT2D eigenvalue weighted by Gasteiger charge is -2.17. The molecule has 1 aliphatic rings. The standard InChI is InChI=1S/C30H26ClFN4O5S2/c1-2-40-28-14-25-23(13-26(28)36-29(37)12-22-8-9-43(38,39)42-22)30(19(15-33)16-34-25)35-21-6-7-27(24(31)11-21)41-17-18-4-3-5-20(32)10-18/h3-7,10-11,13-14,16,22H,2,8-9,12,17H2,1H3,(H,34,35)(H,36,37). The van der Waals surface area contributed by atoms with Gasteiger partial charge in [-0.3, -0.25) is 9.78 Å². The summed E-state index contributed by atoms with van der Waals surface area (Å²) in [6, 6.07) is 16.6. The number of nitrogens with zero attached hydrogens (tertiary/aromatic N) is 2. The lowest BCUT2D eigenvalue weighted by Crippen LogP contribution is -2.17. The van der Waals surface area contributed by atoms with Crippen molar-refractivity contribution >= 4 is 65.1 Å². The van der Waals surface area contributed by atoms with Crippen LogP contribution in [0, 0.1) is 17.1 Å². The first kappa shape index (κ1) is 30.4. The highest BCUT2D eigenvalue weighted by molar-refractivity contribution is 8.72. The molecule has 222 valence electrons. The van der Waals surface area contributed by atoms with Gasteiger partial charge in [0.05, 0.1) is 39.8 Å². The Kier molecular flexibility index (Phi) is 9.25. The van der Waals surface area contributed by atoms with Crippen molar-refractivity contribution in [2.45, 2.75) is 31.6 Å². The van der Waals surface area contributed by atoms with Gasteiger partial charge in [0, 0.05) is 35.0 Å². The highest BCUT2D eigenvalue weighted by Gasteiger charge is 2.30. The summed E-state index contributed by atoms with van der Waals surface area (Å²) >= 11 is 6.49. The summed E-state index contributed by atoms with van der Waals surface area (Å²) in [5.41, 5.74) is 2.79. The minimum absolute atomic E-state index is 0.0290. The van der Waals surface area contributed by atoms with Crippen molar-refractivity contribution in [2.75, 3.05) is 23.0 Å². The van der Waals surface area contributed by atoms with E-state index in [1.165, 1.54) is 18.3 Å². The van der Waals surface area contributed by atoms with Crippen molar-refractivity contribution in [3.8, 4) is 17.6 Å². The second-order valence-corrected chi connectivity index (χ2v) is 14.6. The predicted octanol–water partition coefficient (Wildman–Crippen LogP) is 6.78. The highest BCUT2D eigenvalue weighted by Crippen LogP contribution is 2.38. The Labute approximate surface area is 256 Å². The Morgan fingerprint density at radius 3 is 2.72 bits per heavy atom. The smallest absolute Gasteiger partial charge is 0.225 e. The molecule has 1 aliphatic heterocycles. The van der Waals surface area contributed by atoms with Gasteiger partial charge in [-0.1, -0.05) is 23.7 Å². The summed E-state index contributed by atoms with van der Waals surface area (Å²) in [5, 5.41) is 16.5. The molecule has 1 aromatic heterocycles. The number of carbonyl (C=O) groups excluding carboxylic acids is 1. The summed E-state index contributed by atoms with van der Waals surface area (Å²) < 4.78 is 48.6. The van der Waals surface area contributed by atoms with Crippen LogP contribution in [0.1, 0.15) is 30.9 Å². The first-order valence-electron chi connectivity index (χ1n) is 13.3.